The van der Waals surface area contributed by atoms with Crippen LogP contribution in [0.1, 0.15) is 37.3 Å². The van der Waals surface area contributed by atoms with Gasteiger partial charge in [-0.25, -0.2) is 14.1 Å². The van der Waals surface area contributed by atoms with E-state index < -0.39 is 24.2 Å². The number of fused-ring (bicyclic) bond motifs is 1. The zero-order valence-corrected chi connectivity index (χ0v) is 19.5. The maximum Gasteiger partial charge on any atom is 0.416 e. The Morgan fingerprint density at radius 3 is 2.49 bits per heavy atom. The van der Waals surface area contributed by atoms with Crippen molar-refractivity contribution in [2.75, 3.05) is 42.7 Å². The number of anilines is 2. The lowest BCUT2D eigenvalue weighted by atomic mass is 10.0. The highest BCUT2D eigenvalue weighted by Gasteiger charge is 2.40. The third-order valence-electron chi connectivity index (χ3n) is 6.59. The number of amides is 1. The molecule has 3 fully saturated rings. The highest BCUT2D eigenvalue weighted by molar-refractivity contribution is 6.01. The van der Waals surface area contributed by atoms with Crippen molar-refractivity contribution in [1.82, 2.24) is 5.16 Å². The van der Waals surface area contributed by atoms with Gasteiger partial charge in [0.15, 0.2) is 17.9 Å². The van der Waals surface area contributed by atoms with Gasteiger partial charge in [-0.3, -0.25) is 0 Å². The molecule has 0 radical (unpaired) electrons. The average Bonchev–Trinajstić information content (AvgIpc) is 3.59. The molecule has 0 bridgehead atoms. The van der Waals surface area contributed by atoms with E-state index in [9.17, 15) is 4.79 Å². The predicted octanol–water partition coefficient (Wildman–Crippen LogP) is 4.32. The summed E-state index contributed by atoms with van der Waals surface area (Å²) in [5.41, 5.74) is 1.72. The molecule has 3 aliphatic rings. The molecule has 9 nitrogen and oxygen atoms in total. The molecule has 0 aliphatic carbocycles. The van der Waals surface area contributed by atoms with Gasteiger partial charge in [-0.15, -0.1) is 0 Å². The van der Waals surface area contributed by atoms with Crippen molar-refractivity contribution in [3.05, 3.63) is 53.3 Å². The number of cyclic esters (lactones) is 1. The minimum Gasteiger partial charge on any atom is -0.447 e. The number of benzene rings is 2. The van der Waals surface area contributed by atoms with Gasteiger partial charge < -0.3 is 28.4 Å². The first-order valence-corrected chi connectivity index (χ1v) is 11.8. The van der Waals surface area contributed by atoms with Crippen LogP contribution in [0.5, 0.6) is 0 Å². The molecule has 2 aromatic carbocycles. The van der Waals surface area contributed by atoms with Gasteiger partial charge >= 0.3 is 6.09 Å². The average molecular weight is 483 g/mol. The molecule has 3 aromatic rings. The van der Waals surface area contributed by atoms with Crippen molar-refractivity contribution in [2.24, 2.45) is 0 Å². The molecule has 6 rings (SSSR count). The summed E-state index contributed by atoms with van der Waals surface area (Å²) in [5, 5.41) is 4.49. The van der Waals surface area contributed by atoms with Crippen LogP contribution in [0.4, 0.5) is 20.7 Å². The highest BCUT2D eigenvalue weighted by atomic mass is 19.1. The quantitative estimate of drug-likeness (QED) is 0.542. The number of nitrogens with zero attached hydrogens (tertiary/aromatic N) is 3. The van der Waals surface area contributed by atoms with Crippen molar-refractivity contribution >= 4 is 28.6 Å². The minimum absolute atomic E-state index is 0.0324. The predicted molar refractivity (Wildman–Crippen MR) is 124 cm³/mol. The lowest BCUT2D eigenvalue weighted by Crippen LogP contribution is -2.46. The second-order valence-corrected chi connectivity index (χ2v) is 9.12. The monoisotopic (exact) mass is 483 g/mol. The van der Waals surface area contributed by atoms with Crippen LogP contribution in [0.2, 0.25) is 0 Å². The van der Waals surface area contributed by atoms with E-state index in [0.29, 0.717) is 42.9 Å². The van der Waals surface area contributed by atoms with Gasteiger partial charge in [-0.2, -0.15) is 0 Å². The highest BCUT2D eigenvalue weighted by Crippen LogP contribution is 2.44. The van der Waals surface area contributed by atoms with Crippen molar-refractivity contribution in [3.63, 3.8) is 0 Å². The topological polar surface area (TPSA) is 86.5 Å². The molecule has 1 aromatic heterocycles. The standard InChI is InChI=1S/C25H26FN3O6/c1-14-11-28(12-15(2)34-14)21-17(24-31-8-9-32-24)10-18-22(20(21)26)35-27-23(18)29-19(13-33-25(29)30)16-6-4-3-5-7-16/h3-7,10,14-15,19,24H,8-9,11-13H2,1-2H3/t14-,15+,19-/m1/s1. The fraction of sp³-hybridized carbons (Fsp3) is 0.440. The van der Waals surface area contributed by atoms with Crippen molar-refractivity contribution < 1.29 is 32.7 Å². The van der Waals surface area contributed by atoms with E-state index in [1.165, 1.54) is 4.90 Å². The first-order chi connectivity index (χ1) is 17.0. The Balaban J connectivity index is 1.49. The molecular formula is C25H26FN3O6. The van der Waals surface area contributed by atoms with Crippen LogP contribution in [0.25, 0.3) is 11.0 Å². The van der Waals surface area contributed by atoms with Crippen LogP contribution in [-0.2, 0) is 18.9 Å². The molecule has 0 saturated carbocycles. The van der Waals surface area contributed by atoms with Crippen molar-refractivity contribution in [2.45, 2.75) is 38.4 Å². The second-order valence-electron chi connectivity index (χ2n) is 9.12. The minimum atomic E-state index is -0.740. The summed E-state index contributed by atoms with van der Waals surface area (Å²) < 4.78 is 44.4. The van der Waals surface area contributed by atoms with Crippen LogP contribution in [0.3, 0.4) is 0 Å². The number of ether oxygens (including phenoxy) is 4. The van der Waals surface area contributed by atoms with E-state index >= 15 is 4.39 Å². The second kappa shape index (κ2) is 8.78. The Labute approximate surface area is 201 Å². The van der Waals surface area contributed by atoms with Gasteiger partial charge in [0.05, 0.1) is 36.5 Å². The van der Waals surface area contributed by atoms with E-state index in [0.717, 1.165) is 5.56 Å². The van der Waals surface area contributed by atoms with Crippen molar-refractivity contribution in [1.29, 1.82) is 0 Å². The summed E-state index contributed by atoms with van der Waals surface area (Å²) >= 11 is 0. The van der Waals surface area contributed by atoms with Gasteiger partial charge in [-0.1, -0.05) is 35.5 Å². The molecule has 10 heteroatoms. The largest absolute Gasteiger partial charge is 0.447 e. The van der Waals surface area contributed by atoms with Gasteiger partial charge in [0.1, 0.15) is 12.6 Å². The summed E-state index contributed by atoms with van der Waals surface area (Å²) in [4.78, 5) is 16.1. The summed E-state index contributed by atoms with van der Waals surface area (Å²) in [5.74, 6) is -0.370. The normalized spacial score (nSPS) is 25.6. The zero-order chi connectivity index (χ0) is 24.1. The van der Waals surface area contributed by atoms with E-state index in [-0.39, 0.29) is 30.2 Å². The van der Waals surface area contributed by atoms with Gasteiger partial charge in [0, 0.05) is 18.7 Å². The Morgan fingerprint density at radius 1 is 1.06 bits per heavy atom. The molecule has 3 atom stereocenters. The smallest absolute Gasteiger partial charge is 0.416 e. The third-order valence-corrected chi connectivity index (χ3v) is 6.59. The Kier molecular flexibility index (Phi) is 5.58. The van der Waals surface area contributed by atoms with Crippen LogP contribution in [-0.4, -0.2) is 56.4 Å². The number of rotatable bonds is 4. The number of morpholine rings is 1. The van der Waals surface area contributed by atoms with Crippen LogP contribution < -0.4 is 9.80 Å². The lowest BCUT2D eigenvalue weighted by molar-refractivity contribution is -0.0445. The van der Waals surface area contributed by atoms with E-state index in [2.05, 4.69) is 5.16 Å². The summed E-state index contributed by atoms with van der Waals surface area (Å²) in [6.45, 7) is 5.88. The Morgan fingerprint density at radius 2 is 1.77 bits per heavy atom. The van der Waals surface area contributed by atoms with Crippen LogP contribution >= 0.6 is 0 Å². The van der Waals surface area contributed by atoms with Crippen LogP contribution in [0, 0.1) is 5.82 Å². The summed E-state index contributed by atoms with van der Waals surface area (Å²) in [6, 6.07) is 10.8. The molecule has 3 aliphatic heterocycles. The van der Waals surface area contributed by atoms with Gasteiger partial charge in [0.25, 0.3) is 0 Å². The first-order valence-electron chi connectivity index (χ1n) is 11.8. The summed E-state index contributed by atoms with van der Waals surface area (Å²) in [6.07, 6.45) is -1.47. The maximum absolute atomic E-state index is 16.2. The molecule has 0 unspecified atom stereocenters. The fourth-order valence-corrected chi connectivity index (χ4v) is 5.18. The number of halogens is 1. The van der Waals surface area contributed by atoms with Crippen molar-refractivity contribution in [3.8, 4) is 0 Å². The molecular weight excluding hydrogens is 457 g/mol. The summed E-state index contributed by atoms with van der Waals surface area (Å²) in [7, 11) is 0. The van der Waals surface area contributed by atoms with E-state index in [1.54, 1.807) is 6.07 Å². The SMILES string of the molecule is C[C@@H]1CN(c2c(C3OCCO3)cc3c(N4C(=O)OC[C@@H]4c4ccccc4)noc3c2F)C[C@H](C)O1. The fourth-order valence-electron chi connectivity index (χ4n) is 5.18. The molecule has 184 valence electrons. The number of hydrogen-bond acceptors (Lipinski definition) is 8. The molecule has 0 spiro atoms. The number of carbonyl (C=O) groups is 1. The number of hydrogen-bond donors (Lipinski definition) is 0. The zero-order valence-electron chi connectivity index (χ0n) is 19.5. The number of aromatic nitrogens is 1. The van der Waals surface area contributed by atoms with E-state index in [1.807, 2.05) is 49.1 Å². The third kappa shape index (κ3) is 3.81. The number of carbonyl (C=O) groups excluding carboxylic acids is 1. The molecule has 1 amide bonds. The molecule has 35 heavy (non-hydrogen) atoms. The Bertz CT molecular complexity index is 1230. The maximum atomic E-state index is 16.2. The molecule has 0 N–H and O–H groups in total. The van der Waals surface area contributed by atoms with E-state index in [4.69, 9.17) is 23.5 Å². The van der Waals surface area contributed by atoms with Gasteiger partial charge in [-0.05, 0) is 25.5 Å². The molecule has 3 saturated heterocycles. The van der Waals surface area contributed by atoms with Gasteiger partial charge in [0.2, 0.25) is 5.58 Å². The molecule has 4 heterocycles. The first kappa shape index (κ1) is 22.3. The lowest BCUT2D eigenvalue weighted by Gasteiger charge is -2.38. The Hall–Kier alpha value is -3.21. The van der Waals surface area contributed by atoms with Crippen LogP contribution in [0.15, 0.2) is 40.9 Å².